The van der Waals surface area contributed by atoms with E-state index in [1.54, 1.807) is 34.0 Å². The third-order valence-electron chi connectivity index (χ3n) is 6.51. The van der Waals surface area contributed by atoms with E-state index in [9.17, 15) is 13.3 Å². The lowest BCUT2D eigenvalue weighted by Gasteiger charge is -2.26. The number of rotatable bonds is 6. The van der Waals surface area contributed by atoms with Crippen LogP contribution in [0.3, 0.4) is 0 Å². The Balaban J connectivity index is 1.53. The molecule has 172 valence electrons. The molecular formula is C23H25F2N6OP. The summed E-state index contributed by atoms with van der Waals surface area (Å²) in [4.78, 5) is 6.82. The number of nitrogens with zero attached hydrogens (tertiary/aromatic N) is 6. The quantitative estimate of drug-likeness (QED) is 0.387. The predicted molar refractivity (Wildman–Crippen MR) is 124 cm³/mol. The Labute approximate surface area is 190 Å². The molecule has 0 unspecified atom stereocenters. The third-order valence-corrected chi connectivity index (χ3v) is 9.72. The van der Waals surface area contributed by atoms with Crippen LogP contribution in [0.2, 0.25) is 0 Å². The highest BCUT2D eigenvalue weighted by molar-refractivity contribution is 7.71. The Kier molecular flexibility index (Phi) is 5.52. The SMILES string of the molecule is CCP(=O)(CC)c1cnn(-c2cnn3ccc(N4CCC[C@@H]4c4cc(F)ccc4F)nc23)c1. The van der Waals surface area contributed by atoms with Crippen LogP contribution < -0.4 is 10.2 Å². The lowest BCUT2D eigenvalue weighted by Crippen LogP contribution is -2.24. The van der Waals surface area contributed by atoms with Crippen molar-refractivity contribution in [1.82, 2.24) is 24.4 Å². The second-order valence-electron chi connectivity index (χ2n) is 8.27. The molecule has 1 saturated heterocycles. The fourth-order valence-corrected chi connectivity index (χ4v) is 6.31. The van der Waals surface area contributed by atoms with E-state index >= 15 is 0 Å². The first kappa shape index (κ1) is 21.8. The molecule has 0 spiro atoms. The maximum Gasteiger partial charge on any atom is 0.183 e. The summed E-state index contributed by atoms with van der Waals surface area (Å²) in [6.07, 6.45) is 9.64. The molecule has 0 bridgehead atoms. The monoisotopic (exact) mass is 470 g/mol. The van der Waals surface area contributed by atoms with Crippen LogP contribution in [0.25, 0.3) is 11.3 Å². The number of benzene rings is 1. The van der Waals surface area contributed by atoms with E-state index in [-0.39, 0.29) is 6.04 Å². The van der Waals surface area contributed by atoms with Gasteiger partial charge in [-0.15, -0.1) is 0 Å². The molecule has 1 aliphatic rings. The average Bonchev–Trinajstić information content (AvgIpc) is 3.58. The maximum absolute atomic E-state index is 14.5. The fourth-order valence-electron chi connectivity index (χ4n) is 4.55. The standard InChI is InChI=1S/C23H25F2N6OP/c1-3-33(32,4-2)17-13-26-31(15-17)21-14-27-30-11-9-22(28-23(21)30)29-10-5-6-20(29)18-12-16(24)7-8-19(18)25/h7-9,11-15,20H,3-6,10H2,1-2H3/t20-/m1/s1. The molecule has 0 aliphatic carbocycles. The van der Waals surface area contributed by atoms with Gasteiger partial charge in [0.1, 0.15) is 30.3 Å². The van der Waals surface area contributed by atoms with Gasteiger partial charge in [-0.05, 0) is 37.1 Å². The molecule has 1 atom stereocenters. The van der Waals surface area contributed by atoms with Crippen molar-refractivity contribution in [3.05, 3.63) is 66.3 Å². The van der Waals surface area contributed by atoms with Gasteiger partial charge < -0.3 is 9.46 Å². The number of halogens is 2. The average molecular weight is 470 g/mol. The minimum atomic E-state index is -2.46. The number of fused-ring (bicyclic) bond motifs is 1. The molecule has 0 saturated carbocycles. The second kappa shape index (κ2) is 8.37. The summed E-state index contributed by atoms with van der Waals surface area (Å²) < 4.78 is 44.7. The first-order valence-electron chi connectivity index (χ1n) is 11.1. The number of hydrogen-bond acceptors (Lipinski definition) is 5. The topological polar surface area (TPSA) is 68.3 Å². The summed E-state index contributed by atoms with van der Waals surface area (Å²) >= 11 is 0. The van der Waals surface area contributed by atoms with Gasteiger partial charge in [0, 0.05) is 36.8 Å². The van der Waals surface area contributed by atoms with E-state index in [2.05, 4.69) is 10.2 Å². The highest BCUT2D eigenvalue weighted by Crippen LogP contribution is 2.43. The lowest BCUT2D eigenvalue weighted by atomic mass is 10.0. The molecule has 1 aromatic carbocycles. The highest BCUT2D eigenvalue weighted by atomic mass is 31.2. The number of aromatic nitrogens is 5. The van der Waals surface area contributed by atoms with E-state index in [1.807, 2.05) is 24.8 Å². The molecule has 0 N–H and O–H groups in total. The molecule has 33 heavy (non-hydrogen) atoms. The largest absolute Gasteiger partial charge is 0.349 e. The first-order chi connectivity index (χ1) is 15.9. The van der Waals surface area contributed by atoms with Crippen LogP contribution in [-0.2, 0) is 4.57 Å². The van der Waals surface area contributed by atoms with Gasteiger partial charge in [-0.3, -0.25) is 0 Å². The summed E-state index contributed by atoms with van der Waals surface area (Å²) in [5, 5.41) is 9.54. The van der Waals surface area contributed by atoms with Crippen molar-refractivity contribution in [3.63, 3.8) is 0 Å². The lowest BCUT2D eigenvalue weighted by molar-refractivity contribution is 0.560. The minimum absolute atomic E-state index is 0.293. The molecule has 1 fully saturated rings. The zero-order valence-electron chi connectivity index (χ0n) is 18.5. The van der Waals surface area contributed by atoms with E-state index in [1.165, 1.54) is 12.1 Å². The van der Waals surface area contributed by atoms with Crippen LogP contribution in [-0.4, -0.2) is 43.2 Å². The summed E-state index contributed by atoms with van der Waals surface area (Å²) in [7, 11) is -2.46. The van der Waals surface area contributed by atoms with E-state index in [0.29, 0.717) is 48.0 Å². The van der Waals surface area contributed by atoms with Gasteiger partial charge in [-0.25, -0.2) is 23.0 Å². The molecule has 3 aromatic heterocycles. The molecule has 0 radical (unpaired) electrons. The second-order valence-corrected chi connectivity index (χ2v) is 11.8. The fraction of sp³-hybridized carbons (Fsp3) is 0.348. The maximum atomic E-state index is 14.5. The predicted octanol–water partition coefficient (Wildman–Crippen LogP) is 4.56. The van der Waals surface area contributed by atoms with Crippen molar-refractivity contribution < 1.29 is 13.3 Å². The Morgan fingerprint density at radius 2 is 1.94 bits per heavy atom. The molecular weight excluding hydrogens is 445 g/mol. The van der Waals surface area contributed by atoms with Crippen LogP contribution in [0.1, 0.15) is 38.3 Å². The zero-order valence-corrected chi connectivity index (χ0v) is 19.4. The van der Waals surface area contributed by atoms with E-state index < -0.39 is 18.8 Å². The van der Waals surface area contributed by atoms with Crippen molar-refractivity contribution in [3.8, 4) is 5.69 Å². The minimum Gasteiger partial charge on any atom is -0.349 e. The van der Waals surface area contributed by atoms with E-state index in [0.717, 1.165) is 17.8 Å². The van der Waals surface area contributed by atoms with Crippen LogP contribution in [0.4, 0.5) is 14.6 Å². The van der Waals surface area contributed by atoms with Crippen molar-refractivity contribution in [2.24, 2.45) is 0 Å². The molecule has 7 nitrogen and oxygen atoms in total. The van der Waals surface area contributed by atoms with Crippen molar-refractivity contribution in [1.29, 1.82) is 0 Å². The van der Waals surface area contributed by atoms with Crippen molar-refractivity contribution in [2.75, 3.05) is 23.8 Å². The van der Waals surface area contributed by atoms with Gasteiger partial charge in [-0.2, -0.15) is 10.2 Å². The summed E-state index contributed by atoms with van der Waals surface area (Å²) in [6, 6.07) is 5.11. The number of anilines is 1. The van der Waals surface area contributed by atoms with Crippen LogP contribution >= 0.6 is 7.14 Å². The number of hydrogen-bond donors (Lipinski definition) is 0. The van der Waals surface area contributed by atoms with Gasteiger partial charge in [0.2, 0.25) is 0 Å². The Morgan fingerprint density at radius 1 is 1.12 bits per heavy atom. The van der Waals surface area contributed by atoms with Gasteiger partial charge in [0.25, 0.3) is 0 Å². The van der Waals surface area contributed by atoms with Crippen molar-refractivity contribution >= 4 is 23.9 Å². The highest BCUT2D eigenvalue weighted by Gasteiger charge is 2.30. The van der Waals surface area contributed by atoms with Crippen LogP contribution in [0.5, 0.6) is 0 Å². The summed E-state index contributed by atoms with van der Waals surface area (Å²) in [5.41, 5.74) is 1.58. The molecule has 10 heteroatoms. The van der Waals surface area contributed by atoms with Gasteiger partial charge in [-0.1, -0.05) is 13.8 Å². The normalized spacial score (nSPS) is 16.7. The third kappa shape index (κ3) is 3.74. The smallest absolute Gasteiger partial charge is 0.183 e. The summed E-state index contributed by atoms with van der Waals surface area (Å²) in [6.45, 7) is 4.55. The van der Waals surface area contributed by atoms with E-state index in [4.69, 9.17) is 4.98 Å². The van der Waals surface area contributed by atoms with Crippen LogP contribution in [0, 0.1) is 11.6 Å². The molecule has 1 aliphatic heterocycles. The van der Waals surface area contributed by atoms with Crippen molar-refractivity contribution in [2.45, 2.75) is 32.7 Å². The first-order valence-corrected chi connectivity index (χ1v) is 13.2. The zero-order chi connectivity index (χ0) is 23.2. The Morgan fingerprint density at radius 3 is 2.73 bits per heavy atom. The Hall–Kier alpha value is -3.06. The van der Waals surface area contributed by atoms with Crippen LogP contribution in [0.15, 0.2) is 49.1 Å². The van der Waals surface area contributed by atoms with Gasteiger partial charge in [0.15, 0.2) is 5.65 Å². The molecule has 5 rings (SSSR count). The van der Waals surface area contributed by atoms with Gasteiger partial charge >= 0.3 is 0 Å². The van der Waals surface area contributed by atoms with Gasteiger partial charge in [0.05, 0.1) is 23.7 Å². The Bertz CT molecular complexity index is 1360. The summed E-state index contributed by atoms with van der Waals surface area (Å²) in [5.74, 6) is -0.207. The molecule has 4 aromatic rings. The molecule has 4 heterocycles. The molecule has 0 amide bonds.